The summed E-state index contributed by atoms with van der Waals surface area (Å²) in [7, 11) is 1.58. The first kappa shape index (κ1) is 9.14. The quantitative estimate of drug-likeness (QED) is 0.467. The average molecular weight is 198 g/mol. The zero-order chi connectivity index (χ0) is 10.3. The maximum atomic E-state index is 11.2. The largest absolute Gasteiger partial charge is 0.381 e. The smallest absolute Gasteiger partial charge is 0.331 e. The molecule has 2 fully saturated rings. The van der Waals surface area contributed by atoms with Gasteiger partial charge < -0.3 is 4.74 Å². The van der Waals surface area contributed by atoms with Crippen molar-refractivity contribution in [3.05, 3.63) is 0 Å². The summed E-state index contributed by atoms with van der Waals surface area (Å²) in [5.41, 5.74) is 0. The molecule has 14 heavy (non-hydrogen) atoms. The lowest BCUT2D eigenvalue weighted by Gasteiger charge is -2.37. The Labute approximate surface area is 80.2 Å². The molecule has 76 valence electrons. The van der Waals surface area contributed by atoms with Crippen LogP contribution in [0.5, 0.6) is 0 Å². The van der Waals surface area contributed by atoms with E-state index in [2.05, 4.69) is 0 Å². The predicted molar refractivity (Wildman–Crippen MR) is 44.2 cm³/mol. The van der Waals surface area contributed by atoms with Gasteiger partial charge in [-0.05, 0) is 12.8 Å². The first-order valence-corrected chi connectivity index (χ1v) is 4.34. The molecule has 0 bridgehead atoms. The van der Waals surface area contributed by atoms with E-state index < -0.39 is 17.8 Å². The molecule has 0 aromatic rings. The molecule has 0 unspecified atom stereocenters. The summed E-state index contributed by atoms with van der Waals surface area (Å²) in [6, 6.07) is -0.793. The number of carbonyl (C=O) groups excluding carboxylic acids is 3. The van der Waals surface area contributed by atoms with Crippen LogP contribution in [0, 0.1) is 0 Å². The molecule has 2 aliphatic rings. The van der Waals surface area contributed by atoms with Gasteiger partial charge in [-0.2, -0.15) is 0 Å². The van der Waals surface area contributed by atoms with Gasteiger partial charge in [-0.25, -0.2) is 4.79 Å². The summed E-state index contributed by atoms with van der Waals surface area (Å²) < 4.78 is 5.02. The Morgan fingerprint density at radius 2 is 2.00 bits per heavy atom. The number of nitrogens with zero attached hydrogens (tertiary/aromatic N) is 1. The zero-order valence-electron chi connectivity index (χ0n) is 7.65. The SMILES string of the molecule is COC1CC(N2C(=O)NC(=O)C2=O)C1. The summed E-state index contributed by atoms with van der Waals surface area (Å²) in [4.78, 5) is 34.2. The summed E-state index contributed by atoms with van der Waals surface area (Å²) in [5, 5.41) is 1.96. The standard InChI is InChI=1S/C8H10N2O4/c1-14-5-2-4(3-5)10-7(12)6(11)9-8(10)13/h4-5H,2-3H2,1H3,(H,9,11,13). The minimum Gasteiger partial charge on any atom is -0.381 e. The van der Waals surface area contributed by atoms with Crippen molar-refractivity contribution in [3.63, 3.8) is 0 Å². The fourth-order valence-electron chi connectivity index (χ4n) is 1.69. The van der Waals surface area contributed by atoms with Gasteiger partial charge in [0, 0.05) is 13.2 Å². The Morgan fingerprint density at radius 3 is 2.43 bits per heavy atom. The number of methoxy groups -OCH3 is 1. The molecule has 6 nitrogen and oxygen atoms in total. The van der Waals surface area contributed by atoms with E-state index in [9.17, 15) is 14.4 Å². The van der Waals surface area contributed by atoms with Gasteiger partial charge in [0.05, 0.1) is 6.10 Å². The highest BCUT2D eigenvalue weighted by molar-refractivity contribution is 6.44. The first-order valence-electron chi connectivity index (χ1n) is 4.34. The Hall–Kier alpha value is -1.43. The van der Waals surface area contributed by atoms with Crippen molar-refractivity contribution in [2.24, 2.45) is 0 Å². The zero-order valence-corrected chi connectivity index (χ0v) is 7.65. The number of imide groups is 2. The molecular formula is C8H10N2O4. The number of amides is 4. The second-order valence-corrected chi connectivity index (χ2v) is 3.42. The van der Waals surface area contributed by atoms with Gasteiger partial charge in [0.1, 0.15) is 0 Å². The number of ether oxygens (including phenoxy) is 1. The molecule has 1 saturated heterocycles. The van der Waals surface area contributed by atoms with Crippen LogP contribution in [0.3, 0.4) is 0 Å². The summed E-state index contributed by atoms with van der Waals surface area (Å²) in [6.07, 6.45) is 1.32. The summed E-state index contributed by atoms with van der Waals surface area (Å²) >= 11 is 0. The van der Waals surface area contributed by atoms with Gasteiger partial charge in [0.25, 0.3) is 0 Å². The predicted octanol–water partition coefficient (Wildman–Crippen LogP) is -0.758. The first-order chi connectivity index (χ1) is 6.63. The van der Waals surface area contributed by atoms with Gasteiger partial charge >= 0.3 is 17.8 Å². The lowest BCUT2D eigenvalue weighted by molar-refractivity contribution is -0.143. The van der Waals surface area contributed by atoms with Crippen molar-refractivity contribution >= 4 is 17.8 Å². The Balaban J connectivity index is 2.02. The highest BCUT2D eigenvalue weighted by Gasteiger charge is 2.46. The molecule has 0 radical (unpaired) electrons. The van der Waals surface area contributed by atoms with E-state index in [4.69, 9.17) is 4.74 Å². The second kappa shape index (κ2) is 3.06. The highest BCUT2D eigenvalue weighted by Crippen LogP contribution is 2.29. The molecule has 1 saturated carbocycles. The second-order valence-electron chi connectivity index (χ2n) is 3.42. The van der Waals surface area contributed by atoms with Crippen molar-refractivity contribution in [1.29, 1.82) is 0 Å². The maximum Gasteiger partial charge on any atom is 0.331 e. The molecule has 1 heterocycles. The topological polar surface area (TPSA) is 75.7 Å². The van der Waals surface area contributed by atoms with E-state index in [1.165, 1.54) is 0 Å². The number of nitrogens with one attached hydrogen (secondary N) is 1. The van der Waals surface area contributed by atoms with Crippen LogP contribution in [0.1, 0.15) is 12.8 Å². The molecule has 4 amide bonds. The molecule has 1 aliphatic heterocycles. The number of rotatable bonds is 2. The van der Waals surface area contributed by atoms with Crippen molar-refractivity contribution < 1.29 is 19.1 Å². The summed E-state index contributed by atoms with van der Waals surface area (Å²) in [5.74, 6) is -1.59. The normalized spacial score (nSPS) is 31.8. The minimum atomic E-state index is -0.837. The van der Waals surface area contributed by atoms with Crippen LogP contribution in [0.25, 0.3) is 0 Å². The van der Waals surface area contributed by atoms with Crippen molar-refractivity contribution in [3.8, 4) is 0 Å². The van der Waals surface area contributed by atoms with Crippen LogP contribution in [0.2, 0.25) is 0 Å². The number of hydrogen-bond acceptors (Lipinski definition) is 4. The van der Waals surface area contributed by atoms with Crippen LogP contribution in [0.4, 0.5) is 4.79 Å². The van der Waals surface area contributed by atoms with Crippen LogP contribution >= 0.6 is 0 Å². The minimum absolute atomic E-state index is 0.0938. The monoisotopic (exact) mass is 198 g/mol. The molecule has 0 spiro atoms. The third-order valence-corrected chi connectivity index (χ3v) is 2.62. The molecule has 0 aromatic heterocycles. The molecule has 6 heteroatoms. The highest BCUT2D eigenvalue weighted by atomic mass is 16.5. The third-order valence-electron chi connectivity index (χ3n) is 2.62. The number of hydrogen-bond donors (Lipinski definition) is 1. The molecular weight excluding hydrogens is 188 g/mol. The van der Waals surface area contributed by atoms with E-state index in [-0.39, 0.29) is 12.1 Å². The molecule has 0 atom stereocenters. The van der Waals surface area contributed by atoms with E-state index in [0.717, 1.165) is 4.90 Å². The average Bonchev–Trinajstić information content (AvgIpc) is 2.29. The van der Waals surface area contributed by atoms with E-state index in [1.807, 2.05) is 5.32 Å². The molecule has 1 N–H and O–H groups in total. The molecule has 0 aromatic carbocycles. The Kier molecular flexibility index (Phi) is 1.99. The van der Waals surface area contributed by atoms with Gasteiger partial charge in [-0.3, -0.25) is 19.8 Å². The van der Waals surface area contributed by atoms with Crippen LogP contribution in [-0.2, 0) is 14.3 Å². The van der Waals surface area contributed by atoms with Gasteiger partial charge in [0.2, 0.25) is 0 Å². The van der Waals surface area contributed by atoms with E-state index in [1.54, 1.807) is 7.11 Å². The number of carbonyl (C=O) groups is 3. The van der Waals surface area contributed by atoms with E-state index >= 15 is 0 Å². The van der Waals surface area contributed by atoms with Crippen molar-refractivity contribution in [2.75, 3.05) is 7.11 Å². The fourth-order valence-corrected chi connectivity index (χ4v) is 1.69. The van der Waals surface area contributed by atoms with Crippen molar-refractivity contribution in [2.45, 2.75) is 25.0 Å². The third kappa shape index (κ3) is 1.19. The van der Waals surface area contributed by atoms with E-state index in [0.29, 0.717) is 12.8 Å². The lowest BCUT2D eigenvalue weighted by atomic mass is 9.88. The van der Waals surface area contributed by atoms with Gasteiger partial charge in [-0.1, -0.05) is 0 Å². The van der Waals surface area contributed by atoms with Crippen LogP contribution in [-0.4, -0.2) is 42.0 Å². The lowest BCUT2D eigenvalue weighted by Crippen LogP contribution is -2.50. The van der Waals surface area contributed by atoms with Gasteiger partial charge in [-0.15, -0.1) is 0 Å². The maximum absolute atomic E-state index is 11.2. The Morgan fingerprint density at radius 1 is 1.36 bits per heavy atom. The Bertz CT molecular complexity index is 308. The van der Waals surface area contributed by atoms with Crippen molar-refractivity contribution in [1.82, 2.24) is 10.2 Å². The molecule has 1 aliphatic carbocycles. The van der Waals surface area contributed by atoms with Crippen LogP contribution in [0.15, 0.2) is 0 Å². The molecule has 2 rings (SSSR count). The number of urea groups is 1. The van der Waals surface area contributed by atoms with Gasteiger partial charge in [0.15, 0.2) is 0 Å². The fraction of sp³-hybridized carbons (Fsp3) is 0.625. The summed E-state index contributed by atoms with van der Waals surface area (Å²) in [6.45, 7) is 0. The van der Waals surface area contributed by atoms with Crippen LogP contribution < -0.4 is 5.32 Å².